The van der Waals surface area contributed by atoms with E-state index >= 15 is 0 Å². The molecule has 0 aromatic carbocycles. The Balaban J connectivity index is 2.55. The third-order valence-electron chi connectivity index (χ3n) is 1.63. The van der Waals surface area contributed by atoms with Crippen LogP contribution >= 0.6 is 0 Å². The zero-order valence-corrected chi connectivity index (χ0v) is 10.8. The number of hydrogen-bond donors (Lipinski definition) is 0. The molecule has 2 nitrogen and oxygen atoms in total. The van der Waals surface area contributed by atoms with Gasteiger partial charge >= 0.3 is 0 Å². The van der Waals surface area contributed by atoms with Gasteiger partial charge in [-0.25, -0.2) is 0 Å². The summed E-state index contributed by atoms with van der Waals surface area (Å²) in [5, 5.41) is 0. The number of allylic oxidation sites excluding steroid dienone is 1. The summed E-state index contributed by atoms with van der Waals surface area (Å²) in [7, 11) is -1.53. The van der Waals surface area contributed by atoms with Gasteiger partial charge in [-0.2, -0.15) is 0 Å². The molecule has 15 heavy (non-hydrogen) atoms. The molecule has 82 valence electrons. The number of hydrogen-bond acceptors (Lipinski definition) is 2. The predicted octanol–water partition coefficient (Wildman–Crippen LogP) is 3.97. The van der Waals surface area contributed by atoms with Crippen LogP contribution in [0.4, 0.5) is 0 Å². The lowest BCUT2D eigenvalue weighted by molar-refractivity contribution is 0.444. The number of rotatable bonds is 4. The van der Waals surface area contributed by atoms with Gasteiger partial charge in [0.15, 0.2) is 0 Å². The normalized spacial score (nSPS) is 12.0. The molecular weight excluding hydrogens is 204 g/mol. The van der Waals surface area contributed by atoms with Gasteiger partial charge in [-0.3, -0.25) is 0 Å². The predicted molar refractivity (Wildman–Crippen MR) is 66.1 cm³/mol. The lowest BCUT2D eigenvalue weighted by Crippen LogP contribution is -2.23. The van der Waals surface area contributed by atoms with Crippen molar-refractivity contribution in [3.63, 3.8) is 0 Å². The molecule has 0 radical (unpaired) electrons. The van der Waals surface area contributed by atoms with Gasteiger partial charge in [-0.05, 0) is 50.8 Å². The smallest absolute Gasteiger partial charge is 0.242 e. The second-order valence-corrected chi connectivity index (χ2v) is 8.89. The SMILES string of the molecule is C=C(C=Cc1ccc(C)o1)O[Si](C)(C)C. The van der Waals surface area contributed by atoms with E-state index in [4.69, 9.17) is 8.84 Å². The average molecular weight is 222 g/mol. The summed E-state index contributed by atoms with van der Waals surface area (Å²) < 4.78 is 11.1. The van der Waals surface area contributed by atoms with Crippen molar-refractivity contribution in [3.8, 4) is 0 Å². The summed E-state index contributed by atoms with van der Waals surface area (Å²) in [6.45, 7) is 12.2. The molecule has 0 amide bonds. The number of furan rings is 1. The molecule has 0 bridgehead atoms. The molecule has 0 saturated carbocycles. The largest absolute Gasteiger partial charge is 0.545 e. The van der Waals surface area contributed by atoms with Gasteiger partial charge in [0, 0.05) is 0 Å². The third kappa shape index (κ3) is 4.70. The van der Waals surface area contributed by atoms with Crippen LogP contribution in [0.3, 0.4) is 0 Å². The molecule has 0 atom stereocenters. The molecule has 0 aliphatic rings. The maximum Gasteiger partial charge on any atom is 0.242 e. The first-order chi connectivity index (χ1) is 6.87. The summed E-state index contributed by atoms with van der Waals surface area (Å²) in [5.41, 5.74) is 0. The second kappa shape index (κ2) is 4.53. The van der Waals surface area contributed by atoms with E-state index in [0.717, 1.165) is 11.5 Å². The molecule has 0 aliphatic carbocycles. The van der Waals surface area contributed by atoms with Crippen molar-refractivity contribution in [1.82, 2.24) is 0 Å². The lowest BCUT2D eigenvalue weighted by atomic mass is 10.4. The van der Waals surface area contributed by atoms with Crippen LogP contribution in [0.5, 0.6) is 0 Å². The van der Waals surface area contributed by atoms with Crippen LogP contribution < -0.4 is 0 Å². The van der Waals surface area contributed by atoms with Crippen molar-refractivity contribution in [3.05, 3.63) is 42.1 Å². The summed E-state index contributed by atoms with van der Waals surface area (Å²) in [4.78, 5) is 0. The molecule has 1 rings (SSSR count). The Labute approximate surface area is 92.4 Å². The molecule has 0 unspecified atom stereocenters. The van der Waals surface area contributed by atoms with Crippen LogP contribution in [-0.4, -0.2) is 8.32 Å². The minimum Gasteiger partial charge on any atom is -0.545 e. The minimum absolute atomic E-state index is 0.697. The first-order valence-electron chi connectivity index (χ1n) is 4.99. The number of aryl methyl sites for hydroxylation is 1. The Morgan fingerprint density at radius 3 is 2.53 bits per heavy atom. The van der Waals surface area contributed by atoms with Crippen LogP contribution in [0.1, 0.15) is 11.5 Å². The van der Waals surface area contributed by atoms with Gasteiger partial charge in [0.05, 0.1) is 5.76 Å². The quantitative estimate of drug-likeness (QED) is 0.437. The van der Waals surface area contributed by atoms with E-state index in [1.807, 2.05) is 31.2 Å². The Hall–Kier alpha value is -1.22. The van der Waals surface area contributed by atoms with Crippen LogP contribution in [0.25, 0.3) is 6.08 Å². The van der Waals surface area contributed by atoms with Crippen molar-refractivity contribution in [1.29, 1.82) is 0 Å². The monoisotopic (exact) mass is 222 g/mol. The molecule has 0 fully saturated rings. The van der Waals surface area contributed by atoms with E-state index < -0.39 is 8.32 Å². The summed E-state index contributed by atoms with van der Waals surface area (Å²) in [6.07, 6.45) is 3.71. The highest BCUT2D eigenvalue weighted by Gasteiger charge is 2.15. The molecular formula is C12H18O2Si. The van der Waals surface area contributed by atoms with Crippen molar-refractivity contribution < 1.29 is 8.84 Å². The second-order valence-electron chi connectivity index (χ2n) is 4.46. The molecule has 0 saturated heterocycles. The Morgan fingerprint density at radius 2 is 2.07 bits per heavy atom. The molecule has 3 heteroatoms. The van der Waals surface area contributed by atoms with Gasteiger partial charge in [-0.1, -0.05) is 6.58 Å². The van der Waals surface area contributed by atoms with E-state index in [9.17, 15) is 0 Å². The van der Waals surface area contributed by atoms with Crippen LogP contribution in [0.2, 0.25) is 19.6 Å². The fraction of sp³-hybridized carbons (Fsp3) is 0.333. The Morgan fingerprint density at radius 1 is 1.40 bits per heavy atom. The maximum absolute atomic E-state index is 5.68. The Kier molecular flexibility index (Phi) is 3.58. The lowest BCUT2D eigenvalue weighted by Gasteiger charge is -2.18. The van der Waals surface area contributed by atoms with Crippen molar-refractivity contribution in [2.45, 2.75) is 26.6 Å². The summed E-state index contributed by atoms with van der Waals surface area (Å²) in [6, 6.07) is 3.86. The van der Waals surface area contributed by atoms with Gasteiger partial charge < -0.3 is 8.84 Å². The van der Waals surface area contributed by atoms with Crippen LogP contribution in [-0.2, 0) is 4.43 Å². The first kappa shape index (κ1) is 11.8. The molecule has 0 N–H and O–H groups in total. The van der Waals surface area contributed by atoms with Crippen molar-refractivity contribution in [2.24, 2.45) is 0 Å². The highest BCUT2D eigenvalue weighted by atomic mass is 28.4. The van der Waals surface area contributed by atoms with Crippen molar-refractivity contribution in [2.75, 3.05) is 0 Å². The average Bonchev–Trinajstić information content (AvgIpc) is 2.45. The summed E-state index contributed by atoms with van der Waals surface area (Å²) in [5.74, 6) is 2.43. The molecule has 1 aromatic heterocycles. The van der Waals surface area contributed by atoms with E-state index in [1.54, 1.807) is 0 Å². The van der Waals surface area contributed by atoms with Gasteiger partial charge in [0.1, 0.15) is 11.5 Å². The molecule has 0 spiro atoms. The fourth-order valence-corrected chi connectivity index (χ4v) is 2.00. The van der Waals surface area contributed by atoms with Gasteiger partial charge in [0.2, 0.25) is 8.32 Å². The topological polar surface area (TPSA) is 22.4 Å². The van der Waals surface area contributed by atoms with E-state index in [-0.39, 0.29) is 0 Å². The Bertz CT molecular complexity index is 369. The highest BCUT2D eigenvalue weighted by molar-refractivity contribution is 6.70. The molecule has 0 aliphatic heterocycles. The van der Waals surface area contributed by atoms with E-state index in [2.05, 4.69) is 26.2 Å². The molecule has 1 heterocycles. The minimum atomic E-state index is -1.53. The van der Waals surface area contributed by atoms with Gasteiger partial charge in [-0.15, -0.1) is 0 Å². The zero-order valence-electron chi connectivity index (χ0n) is 9.83. The first-order valence-corrected chi connectivity index (χ1v) is 8.40. The fourth-order valence-electron chi connectivity index (χ4n) is 1.15. The van der Waals surface area contributed by atoms with Crippen LogP contribution in [0, 0.1) is 6.92 Å². The van der Waals surface area contributed by atoms with Crippen LogP contribution in [0.15, 0.2) is 35.0 Å². The standard InChI is InChI=1S/C12H18O2Si/c1-10-6-8-12(13-10)9-7-11(2)14-15(3,4)5/h6-9H,2H2,1,3-5H3. The third-order valence-corrected chi connectivity index (χ3v) is 2.51. The van der Waals surface area contributed by atoms with Gasteiger partial charge in [0.25, 0.3) is 0 Å². The van der Waals surface area contributed by atoms with Crippen molar-refractivity contribution >= 4 is 14.4 Å². The zero-order chi connectivity index (χ0) is 11.5. The van der Waals surface area contributed by atoms with E-state index in [0.29, 0.717) is 5.76 Å². The maximum atomic E-state index is 5.68. The summed E-state index contributed by atoms with van der Waals surface area (Å²) >= 11 is 0. The highest BCUT2D eigenvalue weighted by Crippen LogP contribution is 2.13. The molecule has 1 aromatic rings. The van der Waals surface area contributed by atoms with E-state index in [1.165, 1.54) is 0 Å².